The molecular weight excluding hydrogens is 220 g/mol. The number of nitrogens with zero attached hydrogens (tertiary/aromatic N) is 1. The van der Waals surface area contributed by atoms with Gasteiger partial charge in [-0.15, -0.1) is 11.3 Å². The van der Waals surface area contributed by atoms with Crippen molar-refractivity contribution in [2.45, 2.75) is 19.4 Å². The van der Waals surface area contributed by atoms with Gasteiger partial charge in [-0.05, 0) is 12.5 Å². The number of hydrogen-bond acceptors (Lipinski definition) is 3. The van der Waals surface area contributed by atoms with E-state index in [1.165, 1.54) is 11.3 Å². The maximum absolute atomic E-state index is 11.5. The topological polar surface area (TPSA) is 52.9 Å². The molecule has 0 spiro atoms. The fourth-order valence-corrected chi connectivity index (χ4v) is 1.76. The van der Waals surface area contributed by atoms with E-state index in [-0.39, 0.29) is 5.91 Å². The molecule has 74 valence electrons. The van der Waals surface area contributed by atoms with Crippen LogP contribution in [0.2, 0.25) is 4.34 Å². The molecule has 1 heterocycles. The number of hydrogen-bond donors (Lipinski definition) is 1. The molecule has 3 nitrogen and oxygen atoms in total. The molecule has 0 bridgehead atoms. The third kappa shape index (κ3) is 2.72. The summed E-state index contributed by atoms with van der Waals surface area (Å²) in [7, 11) is 0. The summed E-state index contributed by atoms with van der Waals surface area (Å²) >= 11 is 6.98. The number of rotatable bonds is 3. The van der Waals surface area contributed by atoms with Crippen molar-refractivity contribution in [3.8, 4) is 6.07 Å². The van der Waals surface area contributed by atoms with Gasteiger partial charge in [-0.25, -0.2) is 0 Å². The standard InChI is InChI=1S/C9H9ClN2OS/c1-2-7(4-11)12-9(13)6-3-8(10)14-5-6/h3,5,7H,2H2,1H3,(H,12,13). The van der Waals surface area contributed by atoms with Crippen LogP contribution < -0.4 is 5.32 Å². The highest BCUT2D eigenvalue weighted by Gasteiger charge is 2.12. The predicted octanol–water partition coefficient (Wildman–Crippen LogP) is 2.43. The number of thiophene rings is 1. The maximum atomic E-state index is 11.5. The average molecular weight is 229 g/mol. The highest BCUT2D eigenvalue weighted by Crippen LogP contribution is 2.19. The molecule has 1 rings (SSSR count). The summed E-state index contributed by atoms with van der Waals surface area (Å²) in [6.07, 6.45) is 0.597. The normalized spacial score (nSPS) is 11.8. The zero-order valence-corrected chi connectivity index (χ0v) is 9.15. The van der Waals surface area contributed by atoms with E-state index in [4.69, 9.17) is 16.9 Å². The van der Waals surface area contributed by atoms with E-state index in [0.29, 0.717) is 16.3 Å². The van der Waals surface area contributed by atoms with Crippen molar-refractivity contribution in [2.24, 2.45) is 0 Å². The van der Waals surface area contributed by atoms with Crippen LogP contribution in [-0.2, 0) is 0 Å². The number of halogens is 1. The minimum absolute atomic E-state index is 0.249. The summed E-state index contributed by atoms with van der Waals surface area (Å²) in [5.41, 5.74) is 0.508. The maximum Gasteiger partial charge on any atom is 0.253 e. The number of carbonyl (C=O) groups is 1. The summed E-state index contributed by atoms with van der Waals surface area (Å²) in [5, 5.41) is 12.9. The Bertz CT molecular complexity index is 369. The Balaban J connectivity index is 2.64. The Labute approximate surface area is 91.3 Å². The highest BCUT2D eigenvalue weighted by atomic mass is 35.5. The number of amides is 1. The molecule has 0 aliphatic heterocycles. The molecule has 0 aromatic carbocycles. The second-order valence-electron chi connectivity index (χ2n) is 2.70. The zero-order chi connectivity index (χ0) is 10.6. The van der Waals surface area contributed by atoms with Gasteiger partial charge in [0.2, 0.25) is 0 Å². The number of nitriles is 1. The molecule has 0 radical (unpaired) electrons. The highest BCUT2D eigenvalue weighted by molar-refractivity contribution is 7.14. The van der Waals surface area contributed by atoms with Crippen LogP contribution in [0.5, 0.6) is 0 Å². The summed E-state index contributed by atoms with van der Waals surface area (Å²) in [5.74, 6) is -0.249. The molecular formula is C9H9ClN2OS. The summed E-state index contributed by atoms with van der Waals surface area (Å²) in [6, 6.07) is 3.16. The Kier molecular flexibility index (Phi) is 3.93. The lowest BCUT2D eigenvalue weighted by molar-refractivity contribution is 0.0945. The van der Waals surface area contributed by atoms with Gasteiger partial charge in [0.15, 0.2) is 0 Å². The molecule has 0 aliphatic carbocycles. The average Bonchev–Trinajstić information content (AvgIpc) is 2.61. The van der Waals surface area contributed by atoms with E-state index < -0.39 is 6.04 Å². The van der Waals surface area contributed by atoms with Gasteiger partial charge in [-0.2, -0.15) is 5.26 Å². The Hall–Kier alpha value is -1.05. The van der Waals surface area contributed by atoms with Crippen molar-refractivity contribution >= 4 is 28.8 Å². The van der Waals surface area contributed by atoms with Gasteiger partial charge in [0.05, 0.1) is 16.0 Å². The van der Waals surface area contributed by atoms with Crippen LogP contribution in [0.4, 0.5) is 0 Å². The van der Waals surface area contributed by atoms with E-state index in [0.717, 1.165) is 0 Å². The van der Waals surface area contributed by atoms with E-state index in [9.17, 15) is 4.79 Å². The molecule has 1 aromatic rings. The number of carbonyl (C=O) groups excluding carboxylic acids is 1. The van der Waals surface area contributed by atoms with E-state index in [1.807, 2.05) is 13.0 Å². The minimum Gasteiger partial charge on any atom is -0.336 e. The Morgan fingerprint density at radius 1 is 1.86 bits per heavy atom. The van der Waals surface area contributed by atoms with E-state index >= 15 is 0 Å². The van der Waals surface area contributed by atoms with Crippen molar-refractivity contribution in [3.63, 3.8) is 0 Å². The summed E-state index contributed by atoms with van der Waals surface area (Å²) < 4.78 is 0.570. The van der Waals surface area contributed by atoms with Crippen LogP contribution in [0.15, 0.2) is 11.4 Å². The zero-order valence-electron chi connectivity index (χ0n) is 7.58. The van der Waals surface area contributed by atoms with Crippen LogP contribution in [-0.4, -0.2) is 11.9 Å². The lowest BCUT2D eigenvalue weighted by atomic mass is 10.2. The first-order chi connectivity index (χ1) is 6.67. The van der Waals surface area contributed by atoms with Crippen molar-refractivity contribution in [1.29, 1.82) is 5.26 Å². The van der Waals surface area contributed by atoms with Crippen LogP contribution in [0.3, 0.4) is 0 Å². The monoisotopic (exact) mass is 228 g/mol. The van der Waals surface area contributed by atoms with Crippen LogP contribution >= 0.6 is 22.9 Å². The molecule has 1 unspecified atom stereocenters. The van der Waals surface area contributed by atoms with Gasteiger partial charge in [0.1, 0.15) is 6.04 Å². The molecule has 14 heavy (non-hydrogen) atoms. The largest absolute Gasteiger partial charge is 0.336 e. The fourth-order valence-electron chi connectivity index (χ4n) is 0.896. The molecule has 0 saturated carbocycles. The molecule has 0 aliphatic rings. The van der Waals surface area contributed by atoms with Crippen molar-refractivity contribution in [3.05, 3.63) is 21.3 Å². The van der Waals surface area contributed by atoms with Crippen LogP contribution in [0, 0.1) is 11.3 Å². The fraction of sp³-hybridized carbons (Fsp3) is 0.333. The van der Waals surface area contributed by atoms with E-state index in [2.05, 4.69) is 5.32 Å². The van der Waals surface area contributed by atoms with Crippen LogP contribution in [0.25, 0.3) is 0 Å². The lowest BCUT2D eigenvalue weighted by Gasteiger charge is -2.07. The minimum atomic E-state index is -0.429. The first-order valence-corrected chi connectivity index (χ1v) is 5.37. The summed E-state index contributed by atoms with van der Waals surface area (Å²) in [6.45, 7) is 1.84. The molecule has 5 heteroatoms. The third-order valence-corrected chi connectivity index (χ3v) is 2.79. The lowest BCUT2D eigenvalue weighted by Crippen LogP contribution is -2.32. The Morgan fingerprint density at radius 2 is 2.57 bits per heavy atom. The third-order valence-electron chi connectivity index (χ3n) is 1.70. The van der Waals surface area contributed by atoms with Gasteiger partial charge in [-0.3, -0.25) is 4.79 Å². The molecule has 1 aromatic heterocycles. The smallest absolute Gasteiger partial charge is 0.253 e. The second-order valence-corrected chi connectivity index (χ2v) is 4.25. The van der Waals surface area contributed by atoms with Gasteiger partial charge in [0.25, 0.3) is 5.91 Å². The number of nitrogens with one attached hydrogen (secondary N) is 1. The quantitative estimate of drug-likeness (QED) is 0.864. The first kappa shape index (κ1) is 11.0. The van der Waals surface area contributed by atoms with E-state index in [1.54, 1.807) is 11.4 Å². The molecule has 1 atom stereocenters. The molecule has 0 fully saturated rings. The summed E-state index contributed by atoms with van der Waals surface area (Å²) in [4.78, 5) is 11.5. The predicted molar refractivity (Wildman–Crippen MR) is 56.5 cm³/mol. The SMILES string of the molecule is CCC(C#N)NC(=O)c1csc(Cl)c1. The van der Waals surface area contributed by atoms with Crippen molar-refractivity contribution in [2.75, 3.05) is 0 Å². The van der Waals surface area contributed by atoms with Gasteiger partial charge in [-0.1, -0.05) is 18.5 Å². The van der Waals surface area contributed by atoms with Crippen molar-refractivity contribution in [1.82, 2.24) is 5.32 Å². The molecule has 1 N–H and O–H groups in total. The van der Waals surface area contributed by atoms with Crippen LogP contribution in [0.1, 0.15) is 23.7 Å². The Morgan fingerprint density at radius 3 is 3.00 bits per heavy atom. The van der Waals surface area contributed by atoms with Gasteiger partial charge < -0.3 is 5.32 Å². The molecule has 1 amide bonds. The van der Waals surface area contributed by atoms with Gasteiger partial charge in [0, 0.05) is 5.38 Å². The first-order valence-electron chi connectivity index (χ1n) is 4.12. The van der Waals surface area contributed by atoms with Gasteiger partial charge >= 0.3 is 0 Å². The second kappa shape index (κ2) is 4.99. The molecule has 0 saturated heterocycles. The van der Waals surface area contributed by atoms with Crippen molar-refractivity contribution < 1.29 is 4.79 Å².